The molecule has 0 radical (unpaired) electrons. The third-order valence-electron chi connectivity index (χ3n) is 4.76. The molecule has 3 aromatic carbocycles. The van der Waals surface area contributed by atoms with Crippen molar-refractivity contribution in [3.63, 3.8) is 0 Å². The molecule has 3 aromatic rings. The van der Waals surface area contributed by atoms with Gasteiger partial charge in [0.15, 0.2) is 0 Å². The normalized spacial score (nSPS) is 12.2. The lowest BCUT2D eigenvalue weighted by Crippen LogP contribution is -2.41. The minimum atomic E-state index is -3.79. The lowest BCUT2D eigenvalue weighted by atomic mass is 10.2. The average molecular weight is 439 g/mol. The van der Waals surface area contributed by atoms with Crippen molar-refractivity contribution >= 4 is 21.6 Å². The highest BCUT2D eigenvalue weighted by atomic mass is 32.2. The standard InChI is InChI=1S/C24H26N2O4S/c1-17-9-12-22(13-10-17)31(28,29)26-19(3)24(27)25-23-14-11-21(15-18(23)2)30-16-20-7-5-4-6-8-20/h4-15,19,26H,16H2,1-3H3,(H,25,27)/t19-/m0/s1. The van der Waals surface area contributed by atoms with Gasteiger partial charge < -0.3 is 10.1 Å². The van der Waals surface area contributed by atoms with E-state index in [0.29, 0.717) is 18.0 Å². The van der Waals surface area contributed by atoms with Gasteiger partial charge in [-0.3, -0.25) is 4.79 Å². The van der Waals surface area contributed by atoms with E-state index in [2.05, 4.69) is 10.0 Å². The molecule has 0 aliphatic heterocycles. The molecule has 162 valence electrons. The molecule has 0 saturated heterocycles. The van der Waals surface area contributed by atoms with Crippen LogP contribution in [0.5, 0.6) is 5.75 Å². The summed E-state index contributed by atoms with van der Waals surface area (Å²) in [6.45, 7) is 5.68. The first kappa shape index (κ1) is 22.5. The smallest absolute Gasteiger partial charge is 0.242 e. The predicted octanol–water partition coefficient (Wildman–Crippen LogP) is 4.19. The number of hydrogen-bond donors (Lipinski definition) is 2. The van der Waals surface area contributed by atoms with Gasteiger partial charge in [0.1, 0.15) is 12.4 Å². The number of rotatable bonds is 8. The highest BCUT2D eigenvalue weighted by molar-refractivity contribution is 7.89. The van der Waals surface area contributed by atoms with Crippen LogP contribution in [0.1, 0.15) is 23.6 Å². The Bertz CT molecular complexity index is 1140. The largest absolute Gasteiger partial charge is 0.489 e. The number of aryl methyl sites for hydroxylation is 2. The lowest BCUT2D eigenvalue weighted by molar-refractivity contribution is -0.117. The van der Waals surface area contributed by atoms with Crippen LogP contribution >= 0.6 is 0 Å². The molecule has 0 aliphatic rings. The van der Waals surface area contributed by atoms with Gasteiger partial charge in [0, 0.05) is 5.69 Å². The maximum Gasteiger partial charge on any atom is 0.242 e. The molecule has 0 heterocycles. The van der Waals surface area contributed by atoms with E-state index < -0.39 is 22.0 Å². The Kier molecular flexibility index (Phi) is 7.09. The summed E-state index contributed by atoms with van der Waals surface area (Å²) >= 11 is 0. The topological polar surface area (TPSA) is 84.5 Å². The zero-order valence-corrected chi connectivity index (χ0v) is 18.6. The van der Waals surface area contributed by atoms with E-state index in [0.717, 1.165) is 16.7 Å². The van der Waals surface area contributed by atoms with Gasteiger partial charge in [-0.15, -0.1) is 0 Å². The molecular weight excluding hydrogens is 412 g/mol. The third-order valence-corrected chi connectivity index (χ3v) is 6.32. The molecule has 7 heteroatoms. The van der Waals surface area contributed by atoms with Gasteiger partial charge in [0.2, 0.25) is 15.9 Å². The van der Waals surface area contributed by atoms with Gasteiger partial charge >= 0.3 is 0 Å². The van der Waals surface area contributed by atoms with Crippen LogP contribution in [0.2, 0.25) is 0 Å². The van der Waals surface area contributed by atoms with E-state index in [9.17, 15) is 13.2 Å². The Balaban J connectivity index is 1.60. The van der Waals surface area contributed by atoms with Crippen LogP contribution in [0.15, 0.2) is 77.7 Å². The summed E-state index contributed by atoms with van der Waals surface area (Å²) in [5.74, 6) is 0.240. The van der Waals surface area contributed by atoms with Crippen molar-refractivity contribution in [2.75, 3.05) is 5.32 Å². The van der Waals surface area contributed by atoms with Gasteiger partial charge in [-0.25, -0.2) is 8.42 Å². The van der Waals surface area contributed by atoms with Crippen molar-refractivity contribution in [3.8, 4) is 5.75 Å². The summed E-state index contributed by atoms with van der Waals surface area (Å²) in [6.07, 6.45) is 0. The Morgan fingerprint density at radius 2 is 1.65 bits per heavy atom. The number of sulfonamides is 1. The third kappa shape index (κ3) is 6.16. The Hall–Kier alpha value is -3.16. The van der Waals surface area contributed by atoms with Crippen molar-refractivity contribution in [1.82, 2.24) is 4.72 Å². The molecule has 0 aromatic heterocycles. The zero-order chi connectivity index (χ0) is 22.4. The van der Waals surface area contributed by atoms with E-state index in [1.807, 2.05) is 50.2 Å². The maximum absolute atomic E-state index is 12.6. The number of hydrogen-bond acceptors (Lipinski definition) is 4. The summed E-state index contributed by atoms with van der Waals surface area (Å²) in [7, 11) is -3.79. The summed E-state index contributed by atoms with van der Waals surface area (Å²) in [5, 5.41) is 2.77. The Morgan fingerprint density at radius 3 is 2.29 bits per heavy atom. The molecule has 0 saturated carbocycles. The van der Waals surface area contributed by atoms with Crippen LogP contribution in [-0.2, 0) is 21.4 Å². The predicted molar refractivity (Wildman–Crippen MR) is 122 cm³/mol. The second-order valence-corrected chi connectivity index (χ2v) is 9.11. The molecule has 0 bridgehead atoms. The van der Waals surface area contributed by atoms with Crippen LogP contribution < -0.4 is 14.8 Å². The molecule has 2 N–H and O–H groups in total. The Labute approximate surface area is 183 Å². The SMILES string of the molecule is Cc1ccc(S(=O)(=O)N[C@@H](C)C(=O)Nc2ccc(OCc3ccccc3)cc2C)cc1. The molecule has 1 amide bonds. The number of benzene rings is 3. The van der Waals surface area contributed by atoms with E-state index in [1.54, 1.807) is 24.3 Å². The zero-order valence-electron chi connectivity index (χ0n) is 17.8. The van der Waals surface area contributed by atoms with Crippen LogP contribution in [0.4, 0.5) is 5.69 Å². The van der Waals surface area contributed by atoms with Crippen LogP contribution in [-0.4, -0.2) is 20.4 Å². The fourth-order valence-corrected chi connectivity index (χ4v) is 4.12. The average Bonchev–Trinajstić information content (AvgIpc) is 2.74. The molecule has 0 aliphatic carbocycles. The molecule has 1 atom stereocenters. The van der Waals surface area contributed by atoms with Gasteiger partial charge in [0.25, 0.3) is 0 Å². The van der Waals surface area contributed by atoms with Gasteiger partial charge in [-0.05, 0) is 62.2 Å². The van der Waals surface area contributed by atoms with Gasteiger partial charge in [-0.2, -0.15) is 4.72 Å². The number of carbonyl (C=O) groups excluding carboxylic acids is 1. The lowest BCUT2D eigenvalue weighted by Gasteiger charge is -2.16. The molecular formula is C24H26N2O4S. The number of ether oxygens (including phenoxy) is 1. The van der Waals surface area contributed by atoms with Crippen molar-refractivity contribution in [2.24, 2.45) is 0 Å². The number of anilines is 1. The van der Waals surface area contributed by atoms with Crippen LogP contribution in [0, 0.1) is 13.8 Å². The second kappa shape index (κ2) is 9.76. The number of carbonyl (C=O) groups is 1. The second-order valence-electron chi connectivity index (χ2n) is 7.40. The highest BCUT2D eigenvalue weighted by Crippen LogP contribution is 2.22. The minimum Gasteiger partial charge on any atom is -0.489 e. The molecule has 6 nitrogen and oxygen atoms in total. The monoisotopic (exact) mass is 438 g/mol. The molecule has 0 fully saturated rings. The number of amides is 1. The van der Waals surface area contributed by atoms with E-state index in [1.165, 1.54) is 19.1 Å². The van der Waals surface area contributed by atoms with Crippen LogP contribution in [0.25, 0.3) is 0 Å². The summed E-state index contributed by atoms with van der Waals surface area (Å²) in [5.41, 5.74) is 3.43. The van der Waals surface area contributed by atoms with Crippen molar-refractivity contribution < 1.29 is 17.9 Å². The fraction of sp³-hybridized carbons (Fsp3) is 0.208. The van der Waals surface area contributed by atoms with E-state index in [-0.39, 0.29) is 4.90 Å². The summed E-state index contributed by atoms with van der Waals surface area (Å²) in [4.78, 5) is 12.7. The molecule has 0 spiro atoms. The maximum atomic E-state index is 12.6. The molecule has 0 unspecified atom stereocenters. The summed E-state index contributed by atoms with van der Waals surface area (Å²) in [6, 6.07) is 20.7. The highest BCUT2D eigenvalue weighted by Gasteiger charge is 2.22. The Morgan fingerprint density at radius 1 is 0.968 bits per heavy atom. The first-order valence-electron chi connectivity index (χ1n) is 9.92. The van der Waals surface area contributed by atoms with Gasteiger partial charge in [-0.1, -0.05) is 48.0 Å². The quantitative estimate of drug-likeness (QED) is 0.552. The summed E-state index contributed by atoms with van der Waals surface area (Å²) < 4.78 is 33.2. The molecule has 31 heavy (non-hydrogen) atoms. The first-order valence-corrected chi connectivity index (χ1v) is 11.4. The van der Waals surface area contributed by atoms with Crippen molar-refractivity contribution in [1.29, 1.82) is 0 Å². The minimum absolute atomic E-state index is 0.119. The van der Waals surface area contributed by atoms with E-state index in [4.69, 9.17) is 4.74 Å². The fourth-order valence-electron chi connectivity index (χ4n) is 2.92. The van der Waals surface area contributed by atoms with Crippen molar-refractivity contribution in [2.45, 2.75) is 38.3 Å². The van der Waals surface area contributed by atoms with Crippen molar-refractivity contribution in [3.05, 3.63) is 89.5 Å². The van der Waals surface area contributed by atoms with Gasteiger partial charge in [0.05, 0.1) is 10.9 Å². The van der Waals surface area contributed by atoms with Crippen LogP contribution in [0.3, 0.4) is 0 Å². The number of nitrogens with one attached hydrogen (secondary N) is 2. The van der Waals surface area contributed by atoms with E-state index >= 15 is 0 Å². The molecule has 3 rings (SSSR count). The first-order chi connectivity index (χ1) is 14.7.